The number of rotatable bonds is 6. The van der Waals surface area contributed by atoms with Gasteiger partial charge in [0.15, 0.2) is 5.57 Å². The SMILES string of the molecule is CC(C)c1cccc(C(C)C)c1N=P(c1ccccc1)(c1ccccc1)c1nccn1C.[Cl][Pd][Cl]. The molecule has 4 aromatic rings. The summed E-state index contributed by atoms with van der Waals surface area (Å²) in [6, 6.07) is 28.1. The van der Waals surface area contributed by atoms with Crippen LogP contribution in [0.15, 0.2) is 96.0 Å². The van der Waals surface area contributed by atoms with Crippen molar-refractivity contribution in [3.05, 3.63) is 102 Å². The molecular formula is C28H32Cl2N3PPd. The zero-order chi connectivity index (χ0) is 25.4. The number of imidazole rings is 1. The van der Waals surface area contributed by atoms with Gasteiger partial charge in [0.2, 0.25) is 0 Å². The topological polar surface area (TPSA) is 30.2 Å². The van der Waals surface area contributed by atoms with Crippen LogP contribution < -0.4 is 16.2 Å². The Morgan fingerprint density at radius 3 is 1.60 bits per heavy atom. The number of halogens is 2. The summed E-state index contributed by atoms with van der Waals surface area (Å²) in [6.07, 6.45) is 3.92. The Bertz CT molecular complexity index is 1200. The second-order valence-corrected chi connectivity index (χ2v) is 14.1. The maximum absolute atomic E-state index is 5.80. The van der Waals surface area contributed by atoms with Gasteiger partial charge in [0, 0.05) is 30.1 Å². The molecule has 0 bridgehead atoms. The molecule has 188 valence electrons. The van der Waals surface area contributed by atoms with E-state index in [2.05, 4.69) is 118 Å². The third-order valence-corrected chi connectivity index (χ3v) is 9.54. The van der Waals surface area contributed by atoms with Crippen LogP contribution in [-0.4, -0.2) is 9.55 Å². The van der Waals surface area contributed by atoms with Crippen LogP contribution in [0.5, 0.6) is 0 Å². The molecule has 0 spiro atoms. The number of benzene rings is 3. The predicted octanol–water partition coefficient (Wildman–Crippen LogP) is 7.85. The molecule has 0 N–H and O–H groups in total. The van der Waals surface area contributed by atoms with E-state index in [0.29, 0.717) is 11.8 Å². The molecular weight excluding hydrogens is 587 g/mol. The van der Waals surface area contributed by atoms with E-state index in [1.165, 1.54) is 21.7 Å². The van der Waals surface area contributed by atoms with Crippen LogP contribution in [0.25, 0.3) is 0 Å². The van der Waals surface area contributed by atoms with E-state index in [4.69, 9.17) is 28.8 Å². The van der Waals surface area contributed by atoms with Gasteiger partial charge in [-0.25, -0.2) is 4.98 Å². The first-order chi connectivity index (χ1) is 16.9. The molecule has 7 heteroatoms. The molecule has 3 nitrogen and oxygen atoms in total. The minimum atomic E-state index is -2.42. The fraction of sp³-hybridized carbons (Fsp3) is 0.250. The first-order valence-electron chi connectivity index (χ1n) is 11.5. The minimum absolute atomic E-state index is 0.106. The molecule has 0 saturated heterocycles. The Hall–Kier alpha value is -1.66. The Labute approximate surface area is 226 Å². The third-order valence-electron chi connectivity index (χ3n) is 5.94. The predicted molar refractivity (Wildman–Crippen MR) is 150 cm³/mol. The molecule has 0 radical (unpaired) electrons. The molecule has 0 atom stereocenters. The van der Waals surface area contributed by atoms with E-state index >= 15 is 0 Å². The van der Waals surface area contributed by atoms with Crippen molar-refractivity contribution in [3.8, 4) is 0 Å². The Balaban J connectivity index is 0.00000108. The van der Waals surface area contributed by atoms with E-state index < -0.39 is 7.05 Å². The molecule has 0 saturated carbocycles. The molecule has 4 rings (SSSR count). The van der Waals surface area contributed by atoms with Crippen LogP contribution in [0, 0.1) is 0 Å². The summed E-state index contributed by atoms with van der Waals surface area (Å²) in [5.41, 5.74) is 4.73. The van der Waals surface area contributed by atoms with Crippen molar-refractivity contribution in [1.82, 2.24) is 9.55 Å². The van der Waals surface area contributed by atoms with E-state index in [1.54, 1.807) is 0 Å². The van der Waals surface area contributed by atoms with Gasteiger partial charge in [-0.2, -0.15) is 0 Å². The van der Waals surface area contributed by atoms with E-state index in [0.717, 1.165) is 11.3 Å². The fourth-order valence-corrected chi connectivity index (χ4v) is 7.85. The number of nitrogens with zero attached hydrogens (tertiary/aromatic N) is 3. The Morgan fingerprint density at radius 2 is 1.23 bits per heavy atom. The van der Waals surface area contributed by atoms with Gasteiger partial charge in [-0.1, -0.05) is 107 Å². The normalized spacial score (nSPS) is 11.5. The molecule has 0 aliphatic heterocycles. The molecule has 1 heterocycles. The van der Waals surface area contributed by atoms with Gasteiger partial charge >= 0.3 is 35.0 Å². The molecule has 3 aromatic carbocycles. The molecule has 0 amide bonds. The second kappa shape index (κ2) is 13.0. The summed E-state index contributed by atoms with van der Waals surface area (Å²) in [7, 11) is 9.29. The number of hydrogen-bond donors (Lipinski definition) is 0. The molecule has 0 aliphatic rings. The zero-order valence-electron chi connectivity index (χ0n) is 20.7. The zero-order valence-corrected chi connectivity index (χ0v) is 24.6. The van der Waals surface area contributed by atoms with Gasteiger partial charge in [-0.05, 0) is 23.0 Å². The molecule has 0 fully saturated rings. The molecule has 0 unspecified atom stereocenters. The number of aryl methyl sites for hydroxylation is 1. The van der Waals surface area contributed by atoms with Crippen molar-refractivity contribution in [2.24, 2.45) is 11.8 Å². The van der Waals surface area contributed by atoms with Gasteiger partial charge in [-0.15, -0.1) is 0 Å². The van der Waals surface area contributed by atoms with E-state index in [9.17, 15) is 0 Å². The summed E-state index contributed by atoms with van der Waals surface area (Å²) in [5, 5.41) is 2.43. The Morgan fingerprint density at radius 1 is 0.771 bits per heavy atom. The van der Waals surface area contributed by atoms with Gasteiger partial charge in [0.25, 0.3) is 0 Å². The van der Waals surface area contributed by atoms with Gasteiger partial charge in [0.05, 0.1) is 12.7 Å². The fourth-order valence-electron chi connectivity index (χ4n) is 4.27. The van der Waals surface area contributed by atoms with Gasteiger partial charge in [0.1, 0.15) is 0 Å². The average Bonchev–Trinajstić information content (AvgIpc) is 3.30. The monoisotopic (exact) mass is 617 g/mol. The summed E-state index contributed by atoms with van der Waals surface area (Å²) in [5.74, 6) is 0.754. The Kier molecular flexibility index (Phi) is 10.4. The molecule has 1 aromatic heterocycles. The van der Waals surface area contributed by atoms with Crippen LogP contribution >= 0.6 is 26.1 Å². The van der Waals surface area contributed by atoms with Crippen molar-refractivity contribution in [2.45, 2.75) is 39.5 Å². The second-order valence-electron chi connectivity index (χ2n) is 8.88. The maximum atomic E-state index is 5.80. The first-order valence-corrected chi connectivity index (χ1v) is 17.3. The van der Waals surface area contributed by atoms with Crippen molar-refractivity contribution >= 4 is 48.0 Å². The summed E-state index contributed by atoms with van der Waals surface area (Å²) >= 11 is -0.106. The van der Waals surface area contributed by atoms with Crippen molar-refractivity contribution in [1.29, 1.82) is 0 Å². The molecule has 35 heavy (non-hydrogen) atoms. The third kappa shape index (κ3) is 6.19. The standard InChI is InChI=1S/C28H32N3P.2ClH.Pd/c1-21(2)25-17-12-18-26(22(3)4)27(25)30-32(23-13-8-6-9-14-23,24-15-10-7-11-16-24)28-29-19-20-31(28)5;;;/h6-22H,1-5H3;2*1H;/q;;;+2/p-2. The first kappa shape index (κ1) is 27.9. The summed E-state index contributed by atoms with van der Waals surface area (Å²) < 4.78 is 7.95. The van der Waals surface area contributed by atoms with Gasteiger partial charge in [-0.3, -0.25) is 4.74 Å². The van der Waals surface area contributed by atoms with Gasteiger partial charge < -0.3 is 4.57 Å². The molecule has 0 aliphatic carbocycles. The number of hydrogen-bond acceptors (Lipinski definition) is 2. The van der Waals surface area contributed by atoms with Crippen LogP contribution in [0.4, 0.5) is 5.69 Å². The van der Waals surface area contributed by atoms with E-state index in [-0.39, 0.29) is 15.9 Å². The van der Waals surface area contributed by atoms with Crippen molar-refractivity contribution in [3.63, 3.8) is 0 Å². The van der Waals surface area contributed by atoms with Crippen LogP contribution in [0.1, 0.15) is 50.7 Å². The summed E-state index contributed by atoms with van der Waals surface area (Å²) in [4.78, 5) is 4.90. The quantitative estimate of drug-likeness (QED) is 0.160. The number of aromatic nitrogens is 2. The van der Waals surface area contributed by atoms with Crippen LogP contribution in [-0.2, 0) is 23.0 Å². The van der Waals surface area contributed by atoms with Crippen LogP contribution in [0.2, 0.25) is 0 Å². The van der Waals surface area contributed by atoms with Crippen LogP contribution in [0.3, 0.4) is 0 Å². The average molecular weight is 619 g/mol. The summed E-state index contributed by atoms with van der Waals surface area (Å²) in [6.45, 7) is 9.02. The van der Waals surface area contributed by atoms with E-state index in [1.807, 2.05) is 12.4 Å². The van der Waals surface area contributed by atoms with Crippen molar-refractivity contribution in [2.75, 3.05) is 0 Å². The van der Waals surface area contributed by atoms with Crippen molar-refractivity contribution < 1.29 is 15.9 Å².